The number of rotatable bonds is 4. The van der Waals surface area contributed by atoms with E-state index in [1.54, 1.807) is 0 Å². The van der Waals surface area contributed by atoms with Crippen molar-refractivity contribution in [2.45, 2.75) is 78.6 Å². The fourth-order valence-corrected chi connectivity index (χ4v) is 10.6. The third kappa shape index (κ3) is 5.80. The summed E-state index contributed by atoms with van der Waals surface area (Å²) in [4.78, 5) is 0. The molecule has 0 bridgehead atoms. The highest BCUT2D eigenvalue weighted by molar-refractivity contribution is 6.33. The molecule has 0 aliphatic heterocycles. The average molecular weight is 799 g/mol. The van der Waals surface area contributed by atoms with Gasteiger partial charge in [-0.1, -0.05) is 220 Å². The molecule has 9 aromatic carbocycles. The SMILES string of the molecule is CC(C)(C)c1cccc(-c2ccc(-c3cccc(C(C)(C)C)c3)c3c2-c2ccc4c5c(ccc-3c25)-c2c-4c(-c3ccccc3)c3ccc(C(C)(C)C)cc3c2-c2ccccc2)c1. The number of hydrogen-bond donors (Lipinski definition) is 0. The smallest absolute Gasteiger partial charge is 0.000740 e. The van der Waals surface area contributed by atoms with Crippen LogP contribution in [0.1, 0.15) is 79.0 Å². The van der Waals surface area contributed by atoms with Gasteiger partial charge < -0.3 is 0 Å². The summed E-state index contributed by atoms with van der Waals surface area (Å²) in [6.07, 6.45) is 0. The molecule has 0 spiro atoms. The van der Waals surface area contributed by atoms with Gasteiger partial charge in [0.15, 0.2) is 0 Å². The minimum absolute atomic E-state index is 0.000404. The van der Waals surface area contributed by atoms with Crippen LogP contribution in [0.4, 0.5) is 0 Å². The molecule has 0 fully saturated rings. The molecular weight excluding hydrogens is 745 g/mol. The van der Waals surface area contributed by atoms with Gasteiger partial charge in [-0.15, -0.1) is 0 Å². The van der Waals surface area contributed by atoms with Crippen LogP contribution >= 0.6 is 0 Å². The molecule has 0 heterocycles. The van der Waals surface area contributed by atoms with Gasteiger partial charge in [0.1, 0.15) is 0 Å². The van der Waals surface area contributed by atoms with Crippen LogP contribution in [-0.2, 0) is 16.2 Å². The van der Waals surface area contributed by atoms with Crippen LogP contribution in [0.15, 0.2) is 164 Å². The van der Waals surface area contributed by atoms with E-state index in [-0.39, 0.29) is 16.2 Å². The molecule has 0 heteroatoms. The van der Waals surface area contributed by atoms with Crippen molar-refractivity contribution >= 4 is 21.5 Å². The van der Waals surface area contributed by atoms with Gasteiger partial charge in [-0.3, -0.25) is 0 Å². The first-order valence-electron chi connectivity index (χ1n) is 22.4. The molecule has 0 N–H and O–H groups in total. The van der Waals surface area contributed by atoms with E-state index in [1.807, 2.05) is 0 Å². The summed E-state index contributed by atoms with van der Waals surface area (Å²) < 4.78 is 0. The van der Waals surface area contributed by atoms with Gasteiger partial charge in [0.05, 0.1) is 0 Å². The first kappa shape index (κ1) is 38.4. The minimum Gasteiger partial charge on any atom is -0.0622 e. The van der Waals surface area contributed by atoms with Gasteiger partial charge in [-0.2, -0.15) is 0 Å². The van der Waals surface area contributed by atoms with E-state index in [0.717, 1.165) is 0 Å². The highest BCUT2D eigenvalue weighted by Gasteiger charge is 2.36. The largest absolute Gasteiger partial charge is 0.0622 e. The van der Waals surface area contributed by atoms with Crippen LogP contribution in [0, 0.1) is 0 Å². The van der Waals surface area contributed by atoms with Gasteiger partial charge >= 0.3 is 0 Å². The van der Waals surface area contributed by atoms with Gasteiger partial charge in [0.2, 0.25) is 0 Å². The summed E-state index contributed by atoms with van der Waals surface area (Å²) in [5, 5.41) is 5.35. The lowest BCUT2D eigenvalue weighted by molar-refractivity contribution is 0.590. The third-order valence-corrected chi connectivity index (χ3v) is 13.8. The Labute approximate surface area is 368 Å². The van der Waals surface area contributed by atoms with Crippen LogP contribution in [0.2, 0.25) is 0 Å². The fraction of sp³-hybridized carbons (Fsp3) is 0.194. The van der Waals surface area contributed by atoms with Crippen molar-refractivity contribution in [3.8, 4) is 89.0 Å². The molecule has 302 valence electrons. The molecule has 0 aromatic heterocycles. The van der Waals surface area contributed by atoms with Crippen molar-refractivity contribution in [1.82, 2.24) is 0 Å². The third-order valence-electron chi connectivity index (χ3n) is 13.8. The molecule has 0 amide bonds. The second-order valence-corrected chi connectivity index (χ2v) is 20.9. The summed E-state index contributed by atoms with van der Waals surface area (Å²) in [7, 11) is 0. The van der Waals surface area contributed by atoms with E-state index in [0.29, 0.717) is 0 Å². The second kappa shape index (κ2) is 13.5. The molecule has 2 aliphatic carbocycles. The van der Waals surface area contributed by atoms with E-state index in [1.165, 1.54) is 127 Å². The number of benzene rings is 9. The zero-order valence-electron chi connectivity index (χ0n) is 37.6. The molecule has 0 atom stereocenters. The molecule has 11 rings (SSSR count). The molecule has 0 nitrogen and oxygen atoms in total. The maximum atomic E-state index is 2.49. The standard InChI is InChI=1S/C62H54/c1-60(2,3)41-24-16-22-39(34-41)44-28-29-45(40-23-17-25-42(35-40)61(4,5)6)55-48-31-33-50-57-49(32-30-47(54(44)55)56(48)57)58-52(37-18-12-10-13-19-37)46-27-26-43(62(7,8)9)36-51(46)53(59(50)58)38-20-14-11-15-21-38/h10-36H,1-9H3. The van der Waals surface area contributed by atoms with Crippen molar-refractivity contribution in [3.63, 3.8) is 0 Å². The zero-order valence-corrected chi connectivity index (χ0v) is 37.6. The van der Waals surface area contributed by atoms with Crippen LogP contribution < -0.4 is 0 Å². The Morgan fingerprint density at radius 1 is 0.242 bits per heavy atom. The Bertz CT molecular complexity index is 3210. The first-order valence-corrected chi connectivity index (χ1v) is 22.4. The Morgan fingerprint density at radius 2 is 0.597 bits per heavy atom. The Balaban J connectivity index is 1.28. The molecule has 62 heavy (non-hydrogen) atoms. The average Bonchev–Trinajstić information content (AvgIpc) is 3.77. The lowest BCUT2D eigenvalue weighted by Gasteiger charge is -2.24. The number of fused-ring (bicyclic) bond motifs is 7. The molecule has 0 saturated carbocycles. The van der Waals surface area contributed by atoms with Gasteiger partial charge in [0, 0.05) is 0 Å². The lowest BCUT2D eigenvalue weighted by atomic mass is 9.79. The maximum Gasteiger partial charge on any atom is -0.000740 e. The van der Waals surface area contributed by atoms with E-state index in [2.05, 4.69) is 226 Å². The van der Waals surface area contributed by atoms with Crippen molar-refractivity contribution in [3.05, 3.63) is 180 Å². The van der Waals surface area contributed by atoms with Gasteiger partial charge in [0.25, 0.3) is 0 Å². The van der Waals surface area contributed by atoms with Crippen molar-refractivity contribution in [2.24, 2.45) is 0 Å². The Morgan fingerprint density at radius 3 is 1.02 bits per heavy atom. The summed E-state index contributed by atoms with van der Waals surface area (Å²) >= 11 is 0. The van der Waals surface area contributed by atoms with Crippen molar-refractivity contribution in [1.29, 1.82) is 0 Å². The van der Waals surface area contributed by atoms with E-state index < -0.39 is 0 Å². The normalized spacial score (nSPS) is 12.9. The monoisotopic (exact) mass is 798 g/mol. The van der Waals surface area contributed by atoms with E-state index in [4.69, 9.17) is 0 Å². The highest BCUT2D eigenvalue weighted by atomic mass is 14.4. The molecule has 2 aliphatic rings. The first-order chi connectivity index (χ1) is 29.7. The van der Waals surface area contributed by atoms with E-state index >= 15 is 0 Å². The molecule has 9 aromatic rings. The topological polar surface area (TPSA) is 0 Å². The predicted octanol–water partition coefficient (Wildman–Crippen LogP) is 17.8. The quantitative estimate of drug-likeness (QED) is 0.166. The summed E-state index contributed by atoms with van der Waals surface area (Å²) in [5.74, 6) is 0. The zero-order chi connectivity index (χ0) is 42.9. The Hall–Kier alpha value is -6.50. The predicted molar refractivity (Wildman–Crippen MR) is 268 cm³/mol. The van der Waals surface area contributed by atoms with Crippen molar-refractivity contribution < 1.29 is 0 Å². The molecule has 0 radical (unpaired) electrons. The Kier molecular flexibility index (Phi) is 8.37. The van der Waals surface area contributed by atoms with Crippen LogP contribution in [-0.4, -0.2) is 0 Å². The highest BCUT2D eigenvalue weighted by Crippen LogP contribution is 2.63. The summed E-state index contributed by atoms with van der Waals surface area (Å²) in [6, 6.07) is 62.8. The fourth-order valence-electron chi connectivity index (χ4n) is 10.6. The molecular formula is C62H54. The molecule has 0 saturated heterocycles. The maximum absolute atomic E-state index is 2.49. The van der Waals surface area contributed by atoms with Crippen LogP contribution in [0.3, 0.4) is 0 Å². The van der Waals surface area contributed by atoms with E-state index in [9.17, 15) is 0 Å². The van der Waals surface area contributed by atoms with Gasteiger partial charge in [-0.25, -0.2) is 0 Å². The minimum atomic E-state index is -0.000404. The molecule has 0 unspecified atom stereocenters. The lowest BCUT2D eigenvalue weighted by Crippen LogP contribution is -2.11. The van der Waals surface area contributed by atoms with Crippen LogP contribution in [0.5, 0.6) is 0 Å². The number of hydrogen-bond acceptors (Lipinski definition) is 0. The van der Waals surface area contributed by atoms with Gasteiger partial charge in [-0.05, 0) is 150 Å². The van der Waals surface area contributed by atoms with Crippen molar-refractivity contribution in [2.75, 3.05) is 0 Å². The summed E-state index contributed by atoms with van der Waals surface area (Å²) in [5.41, 5.74) is 25.1. The second-order valence-electron chi connectivity index (χ2n) is 20.9. The summed E-state index contributed by atoms with van der Waals surface area (Å²) in [6.45, 7) is 20.9. The van der Waals surface area contributed by atoms with Crippen LogP contribution in [0.25, 0.3) is 111 Å².